The minimum Gasteiger partial charge on any atom is -0.449 e. The Morgan fingerprint density at radius 1 is 1.15 bits per heavy atom. The molecule has 0 aromatic heterocycles. The predicted molar refractivity (Wildman–Crippen MR) is 97.0 cm³/mol. The van der Waals surface area contributed by atoms with E-state index in [1.54, 1.807) is 13.8 Å². The number of carbonyl (C=O) groups is 2. The average Bonchev–Trinajstić information content (AvgIpc) is 3.10. The van der Waals surface area contributed by atoms with Gasteiger partial charge in [0.2, 0.25) is 0 Å². The number of alkyl carbamates (subject to hydrolysis) is 1. The third-order valence-corrected chi connectivity index (χ3v) is 5.56. The molecule has 1 heterocycles. The normalized spacial score (nSPS) is 24.2. The number of fused-ring (bicyclic) bond motifs is 3. The van der Waals surface area contributed by atoms with E-state index in [0.29, 0.717) is 0 Å². The molecule has 1 saturated heterocycles. The molecule has 1 N–H and O–H groups in total. The lowest BCUT2D eigenvalue weighted by Crippen LogP contribution is -2.55. The molecule has 1 fully saturated rings. The molecular formula is C21H21NO4. The van der Waals surface area contributed by atoms with Crippen molar-refractivity contribution in [3.05, 3.63) is 59.7 Å². The molecule has 2 aromatic rings. The fourth-order valence-electron chi connectivity index (χ4n) is 3.76. The molecule has 2 unspecified atom stereocenters. The quantitative estimate of drug-likeness (QED) is 0.922. The second-order valence-electron chi connectivity index (χ2n) is 7.03. The van der Waals surface area contributed by atoms with Crippen LogP contribution in [0.2, 0.25) is 0 Å². The molecule has 2 aromatic carbocycles. The molecule has 0 saturated carbocycles. The van der Waals surface area contributed by atoms with Crippen LogP contribution in [0.4, 0.5) is 4.79 Å². The lowest BCUT2D eigenvalue weighted by Gasteiger charge is -2.27. The predicted octanol–water partition coefficient (Wildman–Crippen LogP) is 3.27. The van der Waals surface area contributed by atoms with Gasteiger partial charge in [-0.1, -0.05) is 48.5 Å². The SMILES string of the molecule is CC1OCC(=O)C1(C)NC(=O)OCC1c2ccccc2-c2ccccc21. The number of benzene rings is 2. The van der Waals surface area contributed by atoms with Gasteiger partial charge in [-0.25, -0.2) is 4.79 Å². The molecule has 2 atom stereocenters. The number of Topliss-reactive ketones (excluding diaryl/α,β-unsaturated/α-hetero) is 1. The van der Waals surface area contributed by atoms with Crippen molar-refractivity contribution in [3.63, 3.8) is 0 Å². The van der Waals surface area contributed by atoms with Crippen molar-refractivity contribution in [3.8, 4) is 11.1 Å². The minimum atomic E-state index is -1.04. The Labute approximate surface area is 152 Å². The second kappa shape index (κ2) is 6.25. The number of amides is 1. The number of hydrogen-bond donors (Lipinski definition) is 1. The van der Waals surface area contributed by atoms with Gasteiger partial charge < -0.3 is 14.8 Å². The van der Waals surface area contributed by atoms with Gasteiger partial charge in [-0.2, -0.15) is 0 Å². The van der Waals surface area contributed by atoms with Crippen molar-refractivity contribution in [2.75, 3.05) is 13.2 Å². The van der Waals surface area contributed by atoms with Crippen LogP contribution in [0.15, 0.2) is 48.5 Å². The summed E-state index contributed by atoms with van der Waals surface area (Å²) in [5, 5.41) is 2.69. The molecule has 1 aliphatic heterocycles. The molecule has 2 aliphatic rings. The van der Waals surface area contributed by atoms with Crippen LogP contribution in [-0.4, -0.2) is 36.7 Å². The minimum absolute atomic E-state index is 0.00564. The Morgan fingerprint density at radius 2 is 1.73 bits per heavy atom. The maximum absolute atomic E-state index is 12.3. The molecule has 0 spiro atoms. The number of rotatable bonds is 3. The first kappa shape index (κ1) is 16.8. The monoisotopic (exact) mass is 351 g/mol. The van der Waals surface area contributed by atoms with E-state index in [-0.39, 0.29) is 31.0 Å². The first-order valence-electron chi connectivity index (χ1n) is 8.79. The number of ether oxygens (including phenoxy) is 2. The molecule has 5 nitrogen and oxygen atoms in total. The second-order valence-corrected chi connectivity index (χ2v) is 7.03. The van der Waals surface area contributed by atoms with Crippen LogP contribution >= 0.6 is 0 Å². The van der Waals surface area contributed by atoms with Crippen molar-refractivity contribution in [1.29, 1.82) is 0 Å². The highest BCUT2D eigenvalue weighted by Gasteiger charge is 2.46. The van der Waals surface area contributed by atoms with E-state index < -0.39 is 11.6 Å². The van der Waals surface area contributed by atoms with Crippen LogP contribution in [0.1, 0.15) is 30.9 Å². The molecule has 26 heavy (non-hydrogen) atoms. The van der Waals surface area contributed by atoms with Gasteiger partial charge in [-0.05, 0) is 36.1 Å². The summed E-state index contributed by atoms with van der Waals surface area (Å²) in [6.45, 7) is 3.68. The Bertz CT molecular complexity index is 832. The van der Waals surface area contributed by atoms with Gasteiger partial charge in [0.15, 0.2) is 5.78 Å². The molecule has 5 heteroatoms. The fraction of sp³-hybridized carbons (Fsp3) is 0.333. The van der Waals surface area contributed by atoms with Crippen molar-refractivity contribution in [2.45, 2.75) is 31.4 Å². The van der Waals surface area contributed by atoms with Gasteiger partial charge in [0.1, 0.15) is 18.8 Å². The van der Waals surface area contributed by atoms with Crippen molar-refractivity contribution in [2.24, 2.45) is 0 Å². The van der Waals surface area contributed by atoms with E-state index in [9.17, 15) is 9.59 Å². The summed E-state index contributed by atoms with van der Waals surface area (Å²) >= 11 is 0. The lowest BCUT2D eigenvalue weighted by atomic mass is 9.94. The largest absolute Gasteiger partial charge is 0.449 e. The third-order valence-electron chi connectivity index (χ3n) is 5.56. The Hall–Kier alpha value is -2.66. The van der Waals surface area contributed by atoms with Gasteiger partial charge in [0.25, 0.3) is 0 Å². The molecule has 4 rings (SSSR count). The van der Waals surface area contributed by atoms with Gasteiger partial charge in [-0.15, -0.1) is 0 Å². The zero-order valence-corrected chi connectivity index (χ0v) is 14.8. The maximum Gasteiger partial charge on any atom is 0.408 e. The first-order chi connectivity index (χ1) is 12.5. The van der Waals surface area contributed by atoms with E-state index in [2.05, 4.69) is 29.6 Å². The molecule has 0 radical (unpaired) electrons. The van der Waals surface area contributed by atoms with Crippen molar-refractivity contribution >= 4 is 11.9 Å². The highest BCUT2D eigenvalue weighted by Crippen LogP contribution is 2.44. The zero-order valence-electron chi connectivity index (χ0n) is 14.8. The molecule has 1 amide bonds. The summed E-state index contributed by atoms with van der Waals surface area (Å²) in [7, 11) is 0. The van der Waals surface area contributed by atoms with E-state index >= 15 is 0 Å². The lowest BCUT2D eigenvalue weighted by molar-refractivity contribution is -0.121. The summed E-state index contributed by atoms with van der Waals surface area (Å²) in [5.41, 5.74) is 3.62. The zero-order chi connectivity index (χ0) is 18.3. The summed E-state index contributed by atoms with van der Waals surface area (Å²) in [6, 6.07) is 16.3. The van der Waals surface area contributed by atoms with E-state index in [1.165, 1.54) is 11.1 Å². The summed E-state index contributed by atoms with van der Waals surface area (Å²) in [6.07, 6.45) is -0.976. The molecule has 134 valence electrons. The highest BCUT2D eigenvalue weighted by atomic mass is 16.6. The van der Waals surface area contributed by atoms with Crippen LogP contribution in [0, 0.1) is 0 Å². The summed E-state index contributed by atoms with van der Waals surface area (Å²) in [5.74, 6) is -0.146. The maximum atomic E-state index is 12.3. The van der Waals surface area contributed by atoms with Gasteiger partial charge in [0, 0.05) is 5.92 Å². The van der Waals surface area contributed by atoms with Crippen LogP contribution < -0.4 is 5.32 Å². The number of nitrogens with one attached hydrogen (secondary N) is 1. The Morgan fingerprint density at radius 3 is 2.27 bits per heavy atom. The van der Waals surface area contributed by atoms with Crippen LogP contribution in [0.3, 0.4) is 0 Å². The standard InChI is InChI=1S/C21H21NO4/c1-13-21(2,19(23)12-25-13)22-20(24)26-11-18-16-9-5-3-7-14(16)15-8-4-6-10-17(15)18/h3-10,13,18H,11-12H2,1-2H3,(H,22,24). The smallest absolute Gasteiger partial charge is 0.408 e. The van der Waals surface area contributed by atoms with E-state index in [1.807, 2.05) is 24.3 Å². The molecule has 1 aliphatic carbocycles. The average molecular weight is 351 g/mol. The summed E-state index contributed by atoms with van der Waals surface area (Å²) < 4.78 is 10.8. The number of hydrogen-bond acceptors (Lipinski definition) is 4. The van der Waals surface area contributed by atoms with Crippen LogP contribution in [0.5, 0.6) is 0 Å². The van der Waals surface area contributed by atoms with Crippen LogP contribution in [-0.2, 0) is 14.3 Å². The van der Waals surface area contributed by atoms with Crippen molar-refractivity contribution in [1.82, 2.24) is 5.32 Å². The number of ketones is 1. The van der Waals surface area contributed by atoms with Crippen molar-refractivity contribution < 1.29 is 19.1 Å². The summed E-state index contributed by atoms with van der Waals surface area (Å²) in [4.78, 5) is 24.4. The Kier molecular flexibility index (Phi) is 4.04. The van der Waals surface area contributed by atoms with E-state index in [4.69, 9.17) is 9.47 Å². The third kappa shape index (κ3) is 2.59. The topological polar surface area (TPSA) is 64.6 Å². The fourth-order valence-corrected chi connectivity index (χ4v) is 3.76. The van der Waals surface area contributed by atoms with Gasteiger partial charge in [0.05, 0.1) is 6.10 Å². The highest BCUT2D eigenvalue weighted by molar-refractivity contribution is 5.94. The van der Waals surface area contributed by atoms with Crippen LogP contribution in [0.25, 0.3) is 11.1 Å². The van der Waals surface area contributed by atoms with E-state index in [0.717, 1.165) is 11.1 Å². The van der Waals surface area contributed by atoms with Gasteiger partial charge >= 0.3 is 6.09 Å². The van der Waals surface area contributed by atoms with Gasteiger partial charge in [-0.3, -0.25) is 4.79 Å². The first-order valence-corrected chi connectivity index (χ1v) is 8.79. The Balaban J connectivity index is 1.50. The number of carbonyl (C=O) groups excluding carboxylic acids is 2. The molecular weight excluding hydrogens is 330 g/mol. The molecule has 0 bridgehead atoms.